The number of rotatable bonds is 3. The third-order valence-electron chi connectivity index (χ3n) is 2.37. The largest absolute Gasteiger partial charge is 0.507 e. The predicted octanol–water partition coefficient (Wildman–Crippen LogP) is 1.13. The van der Waals surface area contributed by atoms with Crippen LogP contribution >= 0.6 is 0 Å². The smallest absolute Gasteiger partial charge is 0.271 e. The van der Waals surface area contributed by atoms with Crippen LogP contribution in [0, 0.1) is 0 Å². The van der Waals surface area contributed by atoms with Crippen molar-refractivity contribution >= 4 is 17.8 Å². The monoisotopic (exact) mass is 256 g/mol. The average Bonchev–Trinajstić information content (AvgIpc) is 2.42. The molecule has 4 N–H and O–H groups in total. The minimum absolute atomic E-state index is 0.00177. The zero-order valence-electron chi connectivity index (χ0n) is 9.95. The van der Waals surface area contributed by atoms with Crippen molar-refractivity contribution < 1.29 is 9.90 Å². The van der Waals surface area contributed by atoms with E-state index in [2.05, 4.69) is 15.5 Å². The summed E-state index contributed by atoms with van der Waals surface area (Å²) in [6.45, 7) is 0. The molecule has 2 rings (SSSR count). The second-order valence-corrected chi connectivity index (χ2v) is 3.75. The molecule has 0 unspecified atom stereocenters. The number of nitrogens with two attached hydrogens (primary N) is 1. The Morgan fingerprint density at radius 2 is 2.05 bits per heavy atom. The van der Waals surface area contributed by atoms with Gasteiger partial charge in [-0.1, -0.05) is 0 Å². The molecule has 6 heteroatoms. The van der Waals surface area contributed by atoms with Crippen molar-refractivity contribution in [2.45, 2.75) is 0 Å². The standard InChI is InChI=1S/C13H12N4O2/c14-11-2-1-10(12(18)7-11)8-16-17-13(19)9-3-5-15-6-4-9/h1-8,18H,14H2,(H,17,19)/b16-8+. The molecule has 1 amide bonds. The van der Waals surface area contributed by atoms with Crippen molar-refractivity contribution in [1.29, 1.82) is 0 Å². The second kappa shape index (κ2) is 5.63. The lowest BCUT2D eigenvalue weighted by atomic mass is 10.2. The van der Waals surface area contributed by atoms with E-state index in [4.69, 9.17) is 5.73 Å². The Kier molecular flexibility index (Phi) is 3.72. The lowest BCUT2D eigenvalue weighted by Crippen LogP contribution is -2.17. The summed E-state index contributed by atoms with van der Waals surface area (Å²) in [5.41, 5.74) is 9.22. The van der Waals surface area contributed by atoms with Gasteiger partial charge >= 0.3 is 0 Å². The normalized spacial score (nSPS) is 10.5. The lowest BCUT2D eigenvalue weighted by molar-refractivity contribution is 0.0955. The summed E-state index contributed by atoms with van der Waals surface area (Å²) in [4.78, 5) is 15.5. The SMILES string of the molecule is Nc1ccc(/C=N/NC(=O)c2ccncc2)c(O)c1. The van der Waals surface area contributed by atoms with Gasteiger partial charge in [0.1, 0.15) is 5.75 Å². The highest BCUT2D eigenvalue weighted by atomic mass is 16.3. The fraction of sp³-hybridized carbons (Fsp3) is 0. The number of nitrogens with one attached hydrogen (secondary N) is 1. The number of hydrazone groups is 1. The predicted molar refractivity (Wildman–Crippen MR) is 71.8 cm³/mol. The van der Waals surface area contributed by atoms with Crippen LogP contribution in [0.5, 0.6) is 5.75 Å². The number of amides is 1. The molecule has 2 aromatic rings. The molecule has 19 heavy (non-hydrogen) atoms. The molecule has 0 spiro atoms. The number of aromatic hydroxyl groups is 1. The fourth-order valence-corrected chi connectivity index (χ4v) is 1.40. The lowest BCUT2D eigenvalue weighted by Gasteiger charge is -2.01. The van der Waals surface area contributed by atoms with E-state index in [0.717, 1.165) is 0 Å². The van der Waals surface area contributed by atoms with Gasteiger partial charge in [-0.25, -0.2) is 5.43 Å². The summed E-state index contributed by atoms with van der Waals surface area (Å²) in [5.74, 6) is -0.351. The number of nitrogen functional groups attached to an aromatic ring is 1. The first-order valence-electron chi connectivity index (χ1n) is 5.49. The van der Waals surface area contributed by atoms with Crippen LogP contribution in [-0.4, -0.2) is 22.2 Å². The molecule has 0 bridgehead atoms. The minimum atomic E-state index is -0.353. The highest BCUT2D eigenvalue weighted by molar-refractivity contribution is 5.95. The van der Waals surface area contributed by atoms with Crippen molar-refractivity contribution in [3.8, 4) is 5.75 Å². The molecule has 1 heterocycles. The summed E-state index contributed by atoms with van der Waals surface area (Å²) in [6, 6.07) is 7.79. The van der Waals surface area contributed by atoms with Crippen molar-refractivity contribution in [2.24, 2.45) is 5.10 Å². The number of aromatic nitrogens is 1. The number of nitrogens with zero attached hydrogens (tertiary/aromatic N) is 2. The van der Waals surface area contributed by atoms with Crippen LogP contribution in [0.4, 0.5) is 5.69 Å². The summed E-state index contributed by atoms with van der Waals surface area (Å²) >= 11 is 0. The molecule has 0 atom stereocenters. The van der Waals surface area contributed by atoms with Gasteiger partial charge in [0, 0.05) is 35.3 Å². The molecular weight excluding hydrogens is 244 g/mol. The Morgan fingerprint density at radius 3 is 2.74 bits per heavy atom. The molecule has 0 aliphatic rings. The summed E-state index contributed by atoms with van der Waals surface area (Å²) in [5, 5.41) is 13.3. The first-order chi connectivity index (χ1) is 9.16. The molecule has 0 fully saturated rings. The molecule has 0 saturated carbocycles. The molecule has 0 saturated heterocycles. The zero-order chi connectivity index (χ0) is 13.7. The fourth-order valence-electron chi connectivity index (χ4n) is 1.40. The number of phenolic OH excluding ortho intramolecular Hbond substituents is 1. The van der Waals surface area contributed by atoms with Gasteiger partial charge in [-0.15, -0.1) is 0 Å². The number of carbonyl (C=O) groups is 1. The van der Waals surface area contributed by atoms with Crippen LogP contribution in [0.15, 0.2) is 47.8 Å². The average molecular weight is 256 g/mol. The van der Waals surface area contributed by atoms with Crippen LogP contribution < -0.4 is 11.2 Å². The Hall–Kier alpha value is -2.89. The van der Waals surface area contributed by atoms with E-state index < -0.39 is 0 Å². The van der Waals surface area contributed by atoms with E-state index in [1.165, 1.54) is 24.7 Å². The summed E-state index contributed by atoms with van der Waals surface area (Å²) < 4.78 is 0. The summed E-state index contributed by atoms with van der Waals surface area (Å²) in [6.07, 6.45) is 4.38. The van der Waals surface area contributed by atoms with E-state index in [-0.39, 0.29) is 11.7 Å². The number of benzene rings is 1. The van der Waals surface area contributed by atoms with Crippen molar-refractivity contribution in [3.05, 3.63) is 53.9 Å². The molecule has 96 valence electrons. The van der Waals surface area contributed by atoms with Gasteiger partial charge in [-0.2, -0.15) is 5.10 Å². The van der Waals surface area contributed by atoms with E-state index in [0.29, 0.717) is 16.8 Å². The molecule has 0 aliphatic heterocycles. The van der Waals surface area contributed by atoms with Crippen LogP contribution in [0.25, 0.3) is 0 Å². The number of anilines is 1. The van der Waals surface area contributed by atoms with Crippen molar-refractivity contribution in [1.82, 2.24) is 10.4 Å². The van der Waals surface area contributed by atoms with Crippen LogP contribution in [0.2, 0.25) is 0 Å². The first kappa shape index (κ1) is 12.6. The number of hydrogen-bond donors (Lipinski definition) is 3. The molecule has 1 aromatic heterocycles. The van der Waals surface area contributed by atoms with Crippen LogP contribution in [0.3, 0.4) is 0 Å². The molecule has 0 aliphatic carbocycles. The quantitative estimate of drug-likeness (QED) is 0.435. The van der Waals surface area contributed by atoms with E-state index >= 15 is 0 Å². The highest BCUT2D eigenvalue weighted by Gasteiger charge is 2.02. The Bertz CT molecular complexity index is 611. The molecule has 1 aromatic carbocycles. The van der Waals surface area contributed by atoms with Crippen molar-refractivity contribution in [2.75, 3.05) is 5.73 Å². The van der Waals surface area contributed by atoms with E-state index in [1.54, 1.807) is 24.3 Å². The van der Waals surface area contributed by atoms with Gasteiger partial charge in [0.15, 0.2) is 0 Å². The minimum Gasteiger partial charge on any atom is -0.507 e. The number of pyridine rings is 1. The van der Waals surface area contributed by atoms with Crippen molar-refractivity contribution in [3.63, 3.8) is 0 Å². The highest BCUT2D eigenvalue weighted by Crippen LogP contribution is 2.17. The topological polar surface area (TPSA) is 101 Å². The molecular formula is C13H12N4O2. The zero-order valence-corrected chi connectivity index (χ0v) is 9.95. The number of phenols is 1. The Labute approximate surface area is 109 Å². The van der Waals surface area contributed by atoms with Gasteiger partial charge in [-0.3, -0.25) is 9.78 Å². The Morgan fingerprint density at radius 1 is 1.32 bits per heavy atom. The van der Waals surface area contributed by atoms with Crippen LogP contribution in [-0.2, 0) is 0 Å². The summed E-state index contributed by atoms with van der Waals surface area (Å²) in [7, 11) is 0. The number of carbonyl (C=O) groups excluding carboxylic acids is 1. The van der Waals surface area contributed by atoms with Gasteiger partial charge in [0.2, 0.25) is 0 Å². The van der Waals surface area contributed by atoms with Gasteiger partial charge in [0.25, 0.3) is 5.91 Å². The van der Waals surface area contributed by atoms with E-state index in [9.17, 15) is 9.90 Å². The second-order valence-electron chi connectivity index (χ2n) is 3.75. The molecule has 6 nitrogen and oxygen atoms in total. The van der Waals surface area contributed by atoms with Gasteiger partial charge < -0.3 is 10.8 Å². The third-order valence-corrected chi connectivity index (χ3v) is 2.37. The van der Waals surface area contributed by atoms with E-state index in [1.807, 2.05) is 0 Å². The van der Waals surface area contributed by atoms with Crippen LogP contribution in [0.1, 0.15) is 15.9 Å². The maximum atomic E-state index is 11.6. The van der Waals surface area contributed by atoms with Gasteiger partial charge in [0.05, 0.1) is 6.21 Å². The Balaban J connectivity index is 2.02. The maximum absolute atomic E-state index is 11.6. The first-order valence-corrected chi connectivity index (χ1v) is 5.49. The maximum Gasteiger partial charge on any atom is 0.271 e. The number of hydrogen-bond acceptors (Lipinski definition) is 5. The molecule has 0 radical (unpaired) electrons. The third kappa shape index (κ3) is 3.29. The van der Waals surface area contributed by atoms with Gasteiger partial charge in [-0.05, 0) is 24.3 Å².